The van der Waals surface area contributed by atoms with E-state index in [-0.39, 0.29) is 12.1 Å². The van der Waals surface area contributed by atoms with Crippen LogP contribution in [0.3, 0.4) is 0 Å². The summed E-state index contributed by atoms with van der Waals surface area (Å²) in [5.74, 6) is 1.57. The predicted octanol–water partition coefficient (Wildman–Crippen LogP) is 6.55. The Labute approximate surface area is 221 Å². The summed E-state index contributed by atoms with van der Waals surface area (Å²) in [6, 6.07) is 30.0. The summed E-state index contributed by atoms with van der Waals surface area (Å²) in [5, 5.41) is 4.18. The molecule has 182 valence electrons. The Morgan fingerprint density at radius 1 is 0.784 bits per heavy atom. The average Bonchev–Trinajstić information content (AvgIpc) is 3.56. The number of benzene rings is 2. The van der Waals surface area contributed by atoms with Crippen molar-refractivity contribution in [2.24, 2.45) is 0 Å². The summed E-state index contributed by atoms with van der Waals surface area (Å²) in [7, 11) is 0. The molecule has 5 aromatic rings. The van der Waals surface area contributed by atoms with Crippen LogP contribution in [0.1, 0.15) is 29.0 Å². The van der Waals surface area contributed by atoms with Gasteiger partial charge < -0.3 is 19.5 Å². The van der Waals surface area contributed by atoms with Crippen molar-refractivity contribution in [1.29, 1.82) is 0 Å². The van der Waals surface area contributed by atoms with Crippen LogP contribution in [0.5, 0.6) is 11.5 Å². The zero-order valence-electron chi connectivity index (χ0n) is 20.2. The number of pyridine rings is 2. The molecule has 6 nitrogen and oxygen atoms in total. The number of aromatic nitrogens is 3. The van der Waals surface area contributed by atoms with Gasteiger partial charge in [0.25, 0.3) is 0 Å². The van der Waals surface area contributed by atoms with E-state index < -0.39 is 0 Å². The Morgan fingerprint density at radius 2 is 1.51 bits per heavy atom. The van der Waals surface area contributed by atoms with E-state index >= 15 is 0 Å². The molecule has 7 heteroatoms. The lowest BCUT2D eigenvalue weighted by Crippen LogP contribution is -2.30. The maximum absolute atomic E-state index is 6.06. The minimum atomic E-state index is -0.132. The first-order chi connectivity index (χ1) is 18.2. The molecule has 0 aliphatic carbocycles. The Kier molecular flexibility index (Phi) is 6.12. The topological polar surface area (TPSA) is 55.2 Å². The number of aryl methyl sites for hydroxylation is 1. The molecular formula is C30H25N5OS. The summed E-state index contributed by atoms with van der Waals surface area (Å²) in [6.45, 7) is 2.06. The van der Waals surface area contributed by atoms with Crippen molar-refractivity contribution in [1.82, 2.24) is 19.9 Å². The maximum Gasteiger partial charge on any atom is 0.174 e. The molecule has 0 radical (unpaired) electrons. The average molecular weight is 504 g/mol. The van der Waals surface area contributed by atoms with Crippen molar-refractivity contribution < 1.29 is 4.74 Å². The second kappa shape index (κ2) is 9.87. The van der Waals surface area contributed by atoms with Crippen LogP contribution < -0.4 is 15.0 Å². The van der Waals surface area contributed by atoms with Crippen LogP contribution in [-0.2, 0) is 0 Å². The number of nitrogens with zero attached hydrogens (tertiary/aromatic N) is 4. The molecular weight excluding hydrogens is 478 g/mol. The number of hydrogen-bond acceptors (Lipinski definition) is 4. The summed E-state index contributed by atoms with van der Waals surface area (Å²) in [5.41, 5.74) is 5.23. The fourth-order valence-electron chi connectivity index (χ4n) is 4.73. The Balaban J connectivity index is 1.38. The zero-order chi connectivity index (χ0) is 25.2. The minimum absolute atomic E-state index is 0.130. The van der Waals surface area contributed by atoms with Gasteiger partial charge in [-0.25, -0.2) is 0 Å². The lowest BCUT2D eigenvalue weighted by atomic mass is 10.0. The number of rotatable bonds is 6. The molecule has 0 unspecified atom stereocenters. The van der Waals surface area contributed by atoms with Crippen LogP contribution in [0.25, 0.3) is 5.69 Å². The highest BCUT2D eigenvalue weighted by Crippen LogP contribution is 2.42. The van der Waals surface area contributed by atoms with Gasteiger partial charge >= 0.3 is 0 Å². The first kappa shape index (κ1) is 22.9. The van der Waals surface area contributed by atoms with Crippen molar-refractivity contribution in [3.8, 4) is 17.2 Å². The fraction of sp³-hybridized carbons (Fsp3) is 0.100. The van der Waals surface area contributed by atoms with Gasteiger partial charge in [-0.1, -0.05) is 23.8 Å². The number of ether oxygens (including phenoxy) is 1. The van der Waals surface area contributed by atoms with Crippen LogP contribution in [0.15, 0.2) is 116 Å². The number of hydrogen-bond donors (Lipinski definition) is 1. The molecule has 3 aromatic heterocycles. The molecule has 0 spiro atoms. The van der Waals surface area contributed by atoms with Crippen LogP contribution in [0.4, 0.5) is 5.69 Å². The third-order valence-electron chi connectivity index (χ3n) is 6.49. The largest absolute Gasteiger partial charge is 0.457 e. The molecule has 2 atom stereocenters. The summed E-state index contributed by atoms with van der Waals surface area (Å²) < 4.78 is 8.24. The zero-order valence-corrected chi connectivity index (χ0v) is 21.0. The third-order valence-corrected chi connectivity index (χ3v) is 6.81. The van der Waals surface area contributed by atoms with E-state index in [0.29, 0.717) is 5.11 Å². The van der Waals surface area contributed by atoms with Gasteiger partial charge in [0.05, 0.1) is 11.7 Å². The molecule has 0 saturated carbocycles. The van der Waals surface area contributed by atoms with Gasteiger partial charge in [-0.2, -0.15) is 0 Å². The van der Waals surface area contributed by atoms with Gasteiger partial charge in [-0.05, 0) is 91.9 Å². The SMILES string of the molecule is Cc1ccc(Oc2ccc(N3C(=S)N[C@H](c4ccccn4)[C@H]3c3cccn3-c3ccncc3)cc2)cc1. The van der Waals surface area contributed by atoms with E-state index in [0.717, 1.165) is 34.3 Å². The van der Waals surface area contributed by atoms with E-state index in [1.54, 1.807) is 12.4 Å². The van der Waals surface area contributed by atoms with Crippen molar-refractivity contribution >= 4 is 23.0 Å². The second-order valence-corrected chi connectivity index (χ2v) is 9.30. The van der Waals surface area contributed by atoms with Crippen molar-refractivity contribution in [3.63, 3.8) is 0 Å². The summed E-state index contributed by atoms with van der Waals surface area (Å²) in [6.07, 6.45) is 7.49. The van der Waals surface area contributed by atoms with E-state index in [1.807, 2.05) is 85.1 Å². The molecule has 1 saturated heterocycles. The smallest absolute Gasteiger partial charge is 0.174 e. The van der Waals surface area contributed by atoms with E-state index in [1.165, 1.54) is 5.56 Å². The van der Waals surface area contributed by atoms with Crippen LogP contribution in [0.2, 0.25) is 0 Å². The lowest BCUT2D eigenvalue weighted by molar-refractivity contribution is 0.482. The van der Waals surface area contributed by atoms with Gasteiger partial charge in [-0.3, -0.25) is 9.97 Å². The Bertz CT molecular complexity index is 1500. The van der Waals surface area contributed by atoms with Crippen molar-refractivity contribution in [2.45, 2.75) is 19.0 Å². The number of anilines is 1. The van der Waals surface area contributed by atoms with Gasteiger partial charge in [-0.15, -0.1) is 0 Å². The molecule has 1 aliphatic rings. The minimum Gasteiger partial charge on any atom is -0.457 e. The molecule has 37 heavy (non-hydrogen) atoms. The molecule has 2 aromatic carbocycles. The maximum atomic E-state index is 6.06. The monoisotopic (exact) mass is 503 g/mol. The van der Waals surface area contributed by atoms with Gasteiger partial charge in [0, 0.05) is 41.9 Å². The quantitative estimate of drug-likeness (QED) is 0.265. The number of thiocarbonyl (C=S) groups is 1. The highest BCUT2D eigenvalue weighted by Gasteiger charge is 2.42. The van der Waals surface area contributed by atoms with Gasteiger partial charge in [0.15, 0.2) is 5.11 Å². The van der Waals surface area contributed by atoms with Crippen molar-refractivity contribution in [3.05, 3.63) is 133 Å². The number of nitrogens with one attached hydrogen (secondary N) is 1. The Morgan fingerprint density at radius 3 is 2.22 bits per heavy atom. The lowest BCUT2D eigenvalue weighted by Gasteiger charge is -2.29. The third kappa shape index (κ3) is 4.57. The molecule has 0 bridgehead atoms. The highest BCUT2D eigenvalue weighted by atomic mass is 32.1. The molecule has 1 N–H and O–H groups in total. The second-order valence-electron chi connectivity index (χ2n) is 8.91. The summed E-state index contributed by atoms with van der Waals surface area (Å²) in [4.78, 5) is 11.0. The van der Waals surface area contributed by atoms with Crippen LogP contribution in [-0.4, -0.2) is 19.6 Å². The van der Waals surface area contributed by atoms with Crippen LogP contribution in [0, 0.1) is 6.92 Å². The first-order valence-corrected chi connectivity index (χ1v) is 12.5. The normalized spacial score (nSPS) is 17.0. The molecule has 1 fully saturated rings. The van der Waals surface area contributed by atoms with Gasteiger partial charge in [0.2, 0.25) is 0 Å². The van der Waals surface area contributed by atoms with E-state index in [9.17, 15) is 0 Å². The van der Waals surface area contributed by atoms with Crippen LogP contribution >= 0.6 is 12.2 Å². The fourth-order valence-corrected chi connectivity index (χ4v) is 5.07. The Hall–Kier alpha value is -4.49. The van der Waals surface area contributed by atoms with Gasteiger partial charge in [0.1, 0.15) is 17.5 Å². The highest BCUT2D eigenvalue weighted by molar-refractivity contribution is 7.80. The standard InChI is InChI=1S/C30H25N5OS/c1-21-7-11-24(12-8-21)36-25-13-9-23(10-14-25)35-29(28(33-30(35)37)26-5-2-3-17-32-26)27-6-4-20-34(27)22-15-18-31-19-16-22/h2-20,28-29H,1H3,(H,33,37)/t28-,29-/m1/s1. The molecule has 1 aliphatic heterocycles. The molecule has 0 amide bonds. The summed E-state index contributed by atoms with van der Waals surface area (Å²) >= 11 is 5.90. The first-order valence-electron chi connectivity index (χ1n) is 12.1. The molecule has 6 rings (SSSR count). The van der Waals surface area contributed by atoms with E-state index in [2.05, 4.69) is 50.0 Å². The van der Waals surface area contributed by atoms with E-state index in [4.69, 9.17) is 17.0 Å². The van der Waals surface area contributed by atoms with Crippen molar-refractivity contribution in [2.75, 3.05) is 4.90 Å². The molecule has 4 heterocycles. The predicted molar refractivity (Wildman–Crippen MR) is 149 cm³/mol.